The lowest BCUT2D eigenvalue weighted by atomic mass is 10.2. The molecule has 0 spiro atoms. The molecule has 2 aliphatic heterocycles. The molecular formula is C19H25Cl3N4S. The van der Waals surface area contributed by atoms with Gasteiger partial charge in [0.05, 0.1) is 15.6 Å². The van der Waals surface area contributed by atoms with Gasteiger partial charge in [0.25, 0.3) is 0 Å². The van der Waals surface area contributed by atoms with Crippen LogP contribution in [-0.2, 0) is 0 Å². The standard InChI is InChI=1S/C19H23ClN4S.2ClH/c1-22-9-11-23(12-10-22)7-4-8-24-16-5-2-3-6-17(16)25-18-13-15(20)14-21-19(18)24;;/h2-3,5-6,13-14H,4,7-12H2,1H3;2*1H. The van der Waals surface area contributed by atoms with E-state index < -0.39 is 0 Å². The molecule has 0 bridgehead atoms. The number of halogens is 3. The molecule has 148 valence electrons. The Labute approximate surface area is 183 Å². The molecule has 2 aromatic rings. The van der Waals surface area contributed by atoms with Crippen molar-refractivity contribution >= 4 is 59.7 Å². The summed E-state index contributed by atoms with van der Waals surface area (Å²) in [5.74, 6) is 1.03. The molecule has 3 heterocycles. The number of pyridine rings is 1. The highest BCUT2D eigenvalue weighted by Gasteiger charge is 2.24. The Hall–Kier alpha value is -0.690. The summed E-state index contributed by atoms with van der Waals surface area (Å²) in [4.78, 5) is 14.4. The van der Waals surface area contributed by atoms with Gasteiger partial charge in [-0.1, -0.05) is 35.5 Å². The summed E-state index contributed by atoms with van der Waals surface area (Å²) < 4.78 is 0. The molecule has 0 N–H and O–H groups in total. The first-order chi connectivity index (χ1) is 12.2. The lowest BCUT2D eigenvalue weighted by Gasteiger charge is -2.34. The second-order valence-electron chi connectivity index (χ2n) is 6.70. The van der Waals surface area contributed by atoms with Gasteiger partial charge >= 0.3 is 0 Å². The van der Waals surface area contributed by atoms with Crippen LogP contribution in [0.5, 0.6) is 0 Å². The first kappa shape index (κ1) is 22.6. The molecule has 0 radical (unpaired) electrons. The monoisotopic (exact) mass is 446 g/mol. The highest BCUT2D eigenvalue weighted by molar-refractivity contribution is 7.99. The summed E-state index contributed by atoms with van der Waals surface area (Å²) in [5.41, 5.74) is 1.26. The zero-order valence-electron chi connectivity index (χ0n) is 15.3. The van der Waals surface area contributed by atoms with Crippen molar-refractivity contribution in [1.82, 2.24) is 14.8 Å². The number of hydrogen-bond acceptors (Lipinski definition) is 5. The number of anilines is 2. The lowest BCUT2D eigenvalue weighted by Crippen LogP contribution is -2.45. The zero-order valence-corrected chi connectivity index (χ0v) is 18.5. The average molecular weight is 448 g/mol. The van der Waals surface area contributed by atoms with Gasteiger partial charge in [-0.2, -0.15) is 0 Å². The van der Waals surface area contributed by atoms with Gasteiger partial charge in [0.1, 0.15) is 5.82 Å². The zero-order chi connectivity index (χ0) is 17.2. The number of para-hydroxylation sites is 1. The third kappa shape index (κ3) is 5.22. The first-order valence-electron chi connectivity index (χ1n) is 8.81. The molecule has 27 heavy (non-hydrogen) atoms. The van der Waals surface area contributed by atoms with Crippen molar-refractivity contribution in [3.63, 3.8) is 0 Å². The van der Waals surface area contributed by atoms with Gasteiger partial charge in [0.15, 0.2) is 0 Å². The Morgan fingerprint density at radius 1 is 1.04 bits per heavy atom. The number of aromatic nitrogens is 1. The van der Waals surface area contributed by atoms with Gasteiger partial charge in [-0.05, 0) is 38.2 Å². The van der Waals surface area contributed by atoms with E-state index in [1.807, 2.05) is 6.07 Å². The van der Waals surface area contributed by atoms with E-state index in [-0.39, 0.29) is 24.8 Å². The van der Waals surface area contributed by atoms with Crippen LogP contribution in [0.25, 0.3) is 0 Å². The predicted molar refractivity (Wildman–Crippen MR) is 120 cm³/mol. The Bertz CT molecular complexity index is 753. The molecule has 2 aliphatic rings. The molecule has 0 saturated carbocycles. The van der Waals surface area contributed by atoms with Gasteiger partial charge in [-0.25, -0.2) is 4.98 Å². The molecule has 8 heteroatoms. The Morgan fingerprint density at radius 2 is 1.78 bits per heavy atom. The summed E-state index contributed by atoms with van der Waals surface area (Å²) in [5, 5.41) is 0.697. The van der Waals surface area contributed by atoms with Gasteiger partial charge < -0.3 is 14.7 Å². The van der Waals surface area contributed by atoms with Crippen LogP contribution in [0.3, 0.4) is 0 Å². The highest BCUT2D eigenvalue weighted by atomic mass is 35.5. The number of benzene rings is 1. The lowest BCUT2D eigenvalue weighted by molar-refractivity contribution is 0.153. The number of likely N-dealkylation sites (N-methyl/N-ethyl adjacent to an activating group) is 1. The van der Waals surface area contributed by atoms with Crippen molar-refractivity contribution in [3.8, 4) is 0 Å². The summed E-state index contributed by atoms with van der Waals surface area (Å²) >= 11 is 7.92. The summed E-state index contributed by atoms with van der Waals surface area (Å²) in [6, 6.07) is 10.6. The number of nitrogens with zero attached hydrogens (tertiary/aromatic N) is 4. The Balaban J connectivity index is 0.00000131. The predicted octanol–water partition coefficient (Wildman–Crippen LogP) is 4.82. The smallest absolute Gasteiger partial charge is 0.147 e. The first-order valence-corrected chi connectivity index (χ1v) is 10.0. The number of hydrogen-bond donors (Lipinski definition) is 0. The van der Waals surface area contributed by atoms with Crippen molar-refractivity contribution < 1.29 is 0 Å². The van der Waals surface area contributed by atoms with E-state index in [1.165, 1.54) is 36.8 Å². The van der Waals surface area contributed by atoms with Crippen LogP contribution < -0.4 is 4.90 Å². The van der Waals surface area contributed by atoms with Crippen molar-refractivity contribution in [2.75, 3.05) is 51.2 Å². The fraction of sp³-hybridized carbons (Fsp3) is 0.421. The van der Waals surface area contributed by atoms with Crippen molar-refractivity contribution in [1.29, 1.82) is 0 Å². The van der Waals surface area contributed by atoms with Gasteiger partial charge in [0, 0.05) is 43.8 Å². The quantitative estimate of drug-likeness (QED) is 0.668. The van der Waals surface area contributed by atoms with Crippen LogP contribution in [0.4, 0.5) is 11.5 Å². The van der Waals surface area contributed by atoms with Crippen LogP contribution in [0.15, 0.2) is 46.3 Å². The molecule has 0 unspecified atom stereocenters. The van der Waals surface area contributed by atoms with E-state index in [2.05, 4.69) is 51.0 Å². The molecule has 0 atom stereocenters. The van der Waals surface area contributed by atoms with E-state index >= 15 is 0 Å². The Morgan fingerprint density at radius 3 is 2.56 bits per heavy atom. The van der Waals surface area contributed by atoms with Crippen LogP contribution in [0.1, 0.15) is 6.42 Å². The third-order valence-corrected chi connectivity index (χ3v) is 6.18. The summed E-state index contributed by atoms with van der Waals surface area (Å²) in [7, 11) is 2.20. The molecule has 1 aromatic heterocycles. The minimum absolute atomic E-state index is 0. The van der Waals surface area contributed by atoms with E-state index in [4.69, 9.17) is 11.6 Å². The Kier molecular flexibility index (Phi) is 8.53. The second kappa shape index (κ2) is 10.2. The summed E-state index contributed by atoms with van der Waals surface area (Å²) in [6.45, 7) is 6.81. The maximum absolute atomic E-state index is 6.16. The van der Waals surface area contributed by atoms with Crippen molar-refractivity contribution in [2.45, 2.75) is 16.2 Å². The third-order valence-electron chi connectivity index (χ3n) is 4.88. The van der Waals surface area contributed by atoms with Crippen LogP contribution in [0.2, 0.25) is 5.02 Å². The molecule has 0 aliphatic carbocycles. The topological polar surface area (TPSA) is 22.6 Å². The molecule has 4 nitrogen and oxygen atoms in total. The van der Waals surface area contributed by atoms with Gasteiger partial charge in [-0.15, -0.1) is 24.8 Å². The summed E-state index contributed by atoms with van der Waals surface area (Å²) in [6.07, 6.45) is 2.88. The fourth-order valence-electron chi connectivity index (χ4n) is 3.44. The van der Waals surface area contributed by atoms with Gasteiger partial charge in [0.2, 0.25) is 0 Å². The van der Waals surface area contributed by atoms with E-state index in [0.29, 0.717) is 5.02 Å². The van der Waals surface area contributed by atoms with E-state index in [9.17, 15) is 0 Å². The normalized spacial score (nSPS) is 16.7. The van der Waals surface area contributed by atoms with Gasteiger partial charge in [-0.3, -0.25) is 0 Å². The van der Waals surface area contributed by atoms with E-state index in [0.717, 1.165) is 30.2 Å². The number of fused-ring (bicyclic) bond motifs is 2. The molecule has 4 rings (SSSR count). The maximum Gasteiger partial charge on any atom is 0.147 e. The maximum atomic E-state index is 6.16. The molecule has 0 amide bonds. The van der Waals surface area contributed by atoms with Crippen LogP contribution in [-0.4, -0.2) is 61.1 Å². The minimum atomic E-state index is 0. The van der Waals surface area contributed by atoms with Crippen LogP contribution >= 0.6 is 48.2 Å². The minimum Gasteiger partial charge on any atom is -0.324 e. The molecule has 1 fully saturated rings. The number of piperazine rings is 1. The average Bonchev–Trinajstić information content (AvgIpc) is 2.62. The highest BCUT2D eigenvalue weighted by Crippen LogP contribution is 2.47. The fourth-order valence-corrected chi connectivity index (χ4v) is 4.77. The largest absolute Gasteiger partial charge is 0.324 e. The van der Waals surface area contributed by atoms with Crippen molar-refractivity contribution in [3.05, 3.63) is 41.6 Å². The van der Waals surface area contributed by atoms with Crippen molar-refractivity contribution in [2.24, 2.45) is 0 Å². The SMILES string of the molecule is CN1CCN(CCCN2c3ccccc3Sc3cc(Cl)cnc32)CC1.Cl.Cl. The number of rotatable bonds is 4. The molecule has 1 aromatic carbocycles. The second-order valence-corrected chi connectivity index (χ2v) is 8.22. The van der Waals surface area contributed by atoms with E-state index in [1.54, 1.807) is 18.0 Å². The molecule has 1 saturated heterocycles. The molecular weight excluding hydrogens is 423 g/mol. The van der Waals surface area contributed by atoms with Crippen LogP contribution in [0, 0.1) is 0 Å².